The largest absolute Gasteiger partial charge is 0.334 e. The highest BCUT2D eigenvalue weighted by Crippen LogP contribution is 2.30. The van der Waals surface area contributed by atoms with E-state index >= 15 is 0 Å². The molecule has 0 saturated heterocycles. The van der Waals surface area contributed by atoms with Crippen LogP contribution in [0.2, 0.25) is 0 Å². The van der Waals surface area contributed by atoms with Crippen molar-refractivity contribution in [2.45, 2.75) is 26.8 Å². The van der Waals surface area contributed by atoms with Crippen LogP contribution in [0.4, 0.5) is 0 Å². The van der Waals surface area contributed by atoms with E-state index < -0.39 is 0 Å². The van der Waals surface area contributed by atoms with Crippen LogP contribution in [0.15, 0.2) is 28.8 Å². The lowest BCUT2D eigenvalue weighted by Gasteiger charge is -2.23. The molecule has 2 aromatic rings. The Balaban J connectivity index is 2.35. The number of hydrogen-bond acceptors (Lipinski definition) is 4. The van der Waals surface area contributed by atoms with Crippen molar-refractivity contribution in [3.8, 4) is 11.5 Å². The summed E-state index contributed by atoms with van der Waals surface area (Å²) in [5.41, 5.74) is 6.96. The second kappa shape index (κ2) is 4.97. The highest BCUT2D eigenvalue weighted by atomic mass is 127. The molecule has 4 nitrogen and oxygen atoms in total. The smallest absolute Gasteiger partial charge is 0.259 e. The Labute approximate surface area is 120 Å². The van der Waals surface area contributed by atoms with Crippen LogP contribution >= 0.6 is 22.6 Å². The Morgan fingerprint density at radius 2 is 1.94 bits per heavy atom. The third-order valence-electron chi connectivity index (χ3n) is 2.76. The summed E-state index contributed by atoms with van der Waals surface area (Å²) in [4.78, 5) is 4.40. The molecule has 0 amide bonds. The molecule has 2 N–H and O–H groups in total. The molecule has 1 heterocycles. The van der Waals surface area contributed by atoms with Gasteiger partial charge in [0.1, 0.15) is 0 Å². The van der Waals surface area contributed by atoms with Gasteiger partial charge in [0.05, 0.1) is 11.6 Å². The van der Waals surface area contributed by atoms with E-state index in [1.54, 1.807) is 0 Å². The van der Waals surface area contributed by atoms with E-state index in [1.807, 2.05) is 24.3 Å². The van der Waals surface area contributed by atoms with E-state index in [2.05, 4.69) is 53.5 Å². The fourth-order valence-corrected chi connectivity index (χ4v) is 2.11. The maximum Gasteiger partial charge on any atom is 0.259 e. The number of nitrogens with zero attached hydrogens (tertiary/aromatic N) is 2. The van der Waals surface area contributed by atoms with Crippen LogP contribution in [0, 0.1) is 8.99 Å². The number of nitrogens with two attached hydrogens (primary N) is 1. The van der Waals surface area contributed by atoms with Crippen LogP contribution in [0.1, 0.15) is 32.6 Å². The van der Waals surface area contributed by atoms with Crippen molar-refractivity contribution in [3.05, 3.63) is 33.7 Å². The molecule has 0 spiro atoms. The summed E-state index contributed by atoms with van der Waals surface area (Å²) >= 11 is 2.25. The average molecular weight is 357 g/mol. The minimum Gasteiger partial charge on any atom is -0.334 e. The van der Waals surface area contributed by atoms with Gasteiger partial charge in [0.15, 0.2) is 5.82 Å². The fraction of sp³-hybridized carbons (Fsp3) is 0.385. The summed E-state index contributed by atoms with van der Waals surface area (Å²) in [7, 11) is 0. The van der Waals surface area contributed by atoms with Gasteiger partial charge >= 0.3 is 0 Å². The molecule has 5 heteroatoms. The zero-order chi connectivity index (χ0) is 13.3. The second-order valence-corrected chi connectivity index (χ2v) is 6.44. The van der Waals surface area contributed by atoms with Crippen molar-refractivity contribution < 1.29 is 4.52 Å². The molecular formula is C13H16IN3O. The van der Waals surface area contributed by atoms with Gasteiger partial charge in [-0.05, 0) is 40.1 Å². The van der Waals surface area contributed by atoms with E-state index in [-0.39, 0.29) is 11.5 Å². The van der Waals surface area contributed by atoms with Crippen LogP contribution in [0.3, 0.4) is 0 Å². The van der Waals surface area contributed by atoms with Gasteiger partial charge in [-0.25, -0.2) is 0 Å². The molecule has 0 aliphatic carbocycles. The van der Waals surface area contributed by atoms with Gasteiger partial charge in [-0.2, -0.15) is 4.98 Å². The van der Waals surface area contributed by atoms with Gasteiger partial charge in [-0.15, -0.1) is 0 Å². The van der Waals surface area contributed by atoms with Crippen LogP contribution < -0.4 is 5.73 Å². The van der Waals surface area contributed by atoms with Gasteiger partial charge in [0.2, 0.25) is 0 Å². The fourth-order valence-electron chi connectivity index (χ4n) is 1.49. The van der Waals surface area contributed by atoms with E-state index in [0.29, 0.717) is 11.7 Å². The van der Waals surface area contributed by atoms with E-state index in [0.717, 1.165) is 9.13 Å². The maximum atomic E-state index is 6.11. The lowest BCUT2D eigenvalue weighted by molar-refractivity contribution is 0.303. The summed E-state index contributed by atoms with van der Waals surface area (Å²) in [6.45, 7) is 6.17. The van der Waals surface area contributed by atoms with Gasteiger partial charge in [-0.1, -0.05) is 38.1 Å². The van der Waals surface area contributed by atoms with Crippen molar-refractivity contribution in [3.63, 3.8) is 0 Å². The van der Waals surface area contributed by atoms with Gasteiger partial charge in [0.25, 0.3) is 5.89 Å². The predicted molar refractivity (Wildman–Crippen MR) is 78.8 cm³/mol. The molecule has 0 bridgehead atoms. The SMILES string of the molecule is CC(C)(C)C(N)c1noc(-c2ccccc2I)n1. The van der Waals surface area contributed by atoms with E-state index in [4.69, 9.17) is 10.3 Å². The molecule has 2 rings (SSSR count). The third kappa shape index (κ3) is 2.72. The van der Waals surface area contributed by atoms with Crippen molar-refractivity contribution in [1.82, 2.24) is 10.1 Å². The van der Waals surface area contributed by atoms with Gasteiger partial charge < -0.3 is 10.3 Å². The lowest BCUT2D eigenvalue weighted by Crippen LogP contribution is -2.27. The summed E-state index contributed by atoms with van der Waals surface area (Å²) < 4.78 is 6.38. The number of halogens is 1. The summed E-state index contributed by atoms with van der Waals surface area (Å²) in [6, 6.07) is 7.65. The molecule has 1 aromatic heterocycles. The number of benzene rings is 1. The monoisotopic (exact) mass is 357 g/mol. The minimum atomic E-state index is -0.239. The molecule has 1 aromatic carbocycles. The number of aromatic nitrogens is 2. The van der Waals surface area contributed by atoms with Crippen molar-refractivity contribution in [2.75, 3.05) is 0 Å². The Bertz CT molecular complexity index is 545. The van der Waals surface area contributed by atoms with E-state index in [9.17, 15) is 0 Å². The molecule has 1 atom stereocenters. The molecule has 0 aliphatic rings. The molecule has 1 unspecified atom stereocenters. The van der Waals surface area contributed by atoms with Gasteiger partial charge in [-0.3, -0.25) is 0 Å². The Morgan fingerprint density at radius 1 is 1.28 bits per heavy atom. The Morgan fingerprint density at radius 3 is 2.56 bits per heavy atom. The third-order valence-corrected chi connectivity index (χ3v) is 3.70. The van der Waals surface area contributed by atoms with Crippen molar-refractivity contribution in [1.29, 1.82) is 0 Å². The summed E-state index contributed by atoms with van der Waals surface area (Å²) in [5.74, 6) is 1.08. The van der Waals surface area contributed by atoms with Crippen molar-refractivity contribution in [2.24, 2.45) is 11.1 Å². The van der Waals surface area contributed by atoms with Crippen molar-refractivity contribution >= 4 is 22.6 Å². The molecule has 0 saturated carbocycles. The highest BCUT2D eigenvalue weighted by molar-refractivity contribution is 14.1. The normalized spacial score (nSPS) is 13.6. The molecule has 0 fully saturated rings. The molecule has 0 aliphatic heterocycles. The molecule has 96 valence electrons. The molecule has 18 heavy (non-hydrogen) atoms. The number of rotatable bonds is 2. The predicted octanol–water partition coefficient (Wildman–Crippen LogP) is 3.39. The lowest BCUT2D eigenvalue weighted by atomic mass is 9.87. The Hall–Kier alpha value is -0.950. The molecule has 0 radical (unpaired) electrons. The minimum absolute atomic E-state index is 0.0923. The first-order valence-electron chi connectivity index (χ1n) is 5.73. The second-order valence-electron chi connectivity index (χ2n) is 5.28. The first kappa shape index (κ1) is 13.5. The van der Waals surface area contributed by atoms with Crippen LogP contribution in [0.25, 0.3) is 11.5 Å². The number of hydrogen-bond donors (Lipinski definition) is 1. The van der Waals surface area contributed by atoms with Crippen LogP contribution in [-0.2, 0) is 0 Å². The van der Waals surface area contributed by atoms with E-state index in [1.165, 1.54) is 0 Å². The zero-order valence-electron chi connectivity index (χ0n) is 10.6. The molecular weight excluding hydrogens is 341 g/mol. The standard InChI is InChI=1S/C13H16IN3O/c1-13(2,3)10(15)11-16-12(18-17-11)8-6-4-5-7-9(8)14/h4-7,10H,15H2,1-3H3. The Kier molecular flexibility index (Phi) is 3.72. The topological polar surface area (TPSA) is 64.9 Å². The summed E-state index contributed by atoms with van der Waals surface area (Å²) in [6.07, 6.45) is 0. The van der Waals surface area contributed by atoms with Crippen LogP contribution in [-0.4, -0.2) is 10.1 Å². The first-order valence-corrected chi connectivity index (χ1v) is 6.81. The quantitative estimate of drug-likeness (QED) is 0.837. The van der Waals surface area contributed by atoms with Gasteiger partial charge in [0, 0.05) is 3.57 Å². The highest BCUT2D eigenvalue weighted by Gasteiger charge is 2.27. The average Bonchev–Trinajstić information content (AvgIpc) is 2.76. The van der Waals surface area contributed by atoms with Crippen LogP contribution in [0.5, 0.6) is 0 Å². The zero-order valence-corrected chi connectivity index (χ0v) is 12.8. The first-order chi connectivity index (χ1) is 8.39. The summed E-state index contributed by atoms with van der Waals surface area (Å²) in [5, 5.41) is 3.99. The maximum absolute atomic E-state index is 6.11.